The molecule has 1 heterocycles. The third-order valence-electron chi connectivity index (χ3n) is 2.52. The number of benzene rings is 1. The van der Waals surface area contributed by atoms with Gasteiger partial charge in [-0.25, -0.2) is 13.8 Å². The van der Waals surface area contributed by atoms with Crippen LogP contribution in [0.2, 0.25) is 5.02 Å². The van der Waals surface area contributed by atoms with Crippen LogP contribution in [0.15, 0.2) is 30.5 Å². The van der Waals surface area contributed by atoms with Crippen LogP contribution in [0.5, 0.6) is 5.75 Å². The molecule has 6 heteroatoms. The molecule has 0 saturated heterocycles. The van der Waals surface area contributed by atoms with E-state index in [-0.39, 0.29) is 29.4 Å². The molecule has 2 rings (SSSR count). The Morgan fingerprint density at radius 1 is 1.26 bits per heavy atom. The SMILES string of the molecule is Nc1ncccc1OCCc1cc(F)c(Cl)cc1F. The van der Waals surface area contributed by atoms with Gasteiger partial charge in [0.2, 0.25) is 0 Å². The van der Waals surface area contributed by atoms with Crippen molar-refractivity contribution in [1.82, 2.24) is 4.98 Å². The fourth-order valence-electron chi connectivity index (χ4n) is 1.55. The van der Waals surface area contributed by atoms with Crippen molar-refractivity contribution in [3.05, 3.63) is 52.7 Å². The number of halogens is 3. The van der Waals surface area contributed by atoms with Gasteiger partial charge in [0.15, 0.2) is 11.6 Å². The maximum atomic E-state index is 13.5. The van der Waals surface area contributed by atoms with E-state index in [2.05, 4.69) is 4.98 Å². The molecule has 0 aliphatic rings. The molecular formula is C13H11ClF2N2O. The molecule has 19 heavy (non-hydrogen) atoms. The van der Waals surface area contributed by atoms with Gasteiger partial charge < -0.3 is 10.5 Å². The van der Waals surface area contributed by atoms with E-state index in [4.69, 9.17) is 22.1 Å². The van der Waals surface area contributed by atoms with Gasteiger partial charge >= 0.3 is 0 Å². The van der Waals surface area contributed by atoms with Gasteiger partial charge in [0.05, 0.1) is 11.6 Å². The lowest BCUT2D eigenvalue weighted by molar-refractivity contribution is 0.320. The summed E-state index contributed by atoms with van der Waals surface area (Å²) < 4.78 is 32.1. The van der Waals surface area contributed by atoms with Crippen molar-refractivity contribution in [2.75, 3.05) is 12.3 Å². The number of hydrogen-bond acceptors (Lipinski definition) is 3. The van der Waals surface area contributed by atoms with Crippen LogP contribution in [-0.4, -0.2) is 11.6 Å². The molecule has 0 aliphatic carbocycles. The highest BCUT2D eigenvalue weighted by atomic mass is 35.5. The molecular weight excluding hydrogens is 274 g/mol. The van der Waals surface area contributed by atoms with Crippen LogP contribution in [-0.2, 0) is 6.42 Å². The summed E-state index contributed by atoms with van der Waals surface area (Å²) in [5.74, 6) is -0.546. The second-order valence-corrected chi connectivity index (χ2v) is 4.25. The van der Waals surface area contributed by atoms with Gasteiger partial charge in [0.25, 0.3) is 0 Å². The smallest absolute Gasteiger partial charge is 0.166 e. The Bertz CT molecular complexity index is 593. The molecule has 0 spiro atoms. The van der Waals surface area contributed by atoms with Gasteiger partial charge in [0.1, 0.15) is 11.6 Å². The highest BCUT2D eigenvalue weighted by Crippen LogP contribution is 2.21. The molecule has 0 radical (unpaired) electrons. The van der Waals surface area contributed by atoms with Crippen LogP contribution in [0.25, 0.3) is 0 Å². The van der Waals surface area contributed by atoms with Crippen molar-refractivity contribution in [3.8, 4) is 5.75 Å². The minimum absolute atomic E-state index is 0.161. The Balaban J connectivity index is 2.00. The lowest BCUT2D eigenvalue weighted by atomic mass is 10.1. The highest BCUT2D eigenvalue weighted by molar-refractivity contribution is 6.30. The Morgan fingerprint density at radius 2 is 2.05 bits per heavy atom. The molecule has 0 aliphatic heterocycles. The second kappa shape index (κ2) is 5.84. The number of aromatic nitrogens is 1. The number of anilines is 1. The van der Waals surface area contributed by atoms with Crippen molar-refractivity contribution >= 4 is 17.4 Å². The number of nitrogen functional groups attached to an aromatic ring is 1. The number of nitrogens with zero attached hydrogens (tertiary/aromatic N) is 1. The maximum Gasteiger partial charge on any atom is 0.166 e. The van der Waals surface area contributed by atoms with E-state index in [0.717, 1.165) is 12.1 Å². The summed E-state index contributed by atoms with van der Waals surface area (Å²) in [5.41, 5.74) is 5.78. The van der Waals surface area contributed by atoms with Crippen LogP contribution in [0.4, 0.5) is 14.6 Å². The minimum Gasteiger partial charge on any atom is -0.489 e. The fourth-order valence-corrected chi connectivity index (χ4v) is 1.70. The summed E-state index contributed by atoms with van der Waals surface area (Å²) in [5, 5.41) is -0.237. The number of pyridine rings is 1. The highest BCUT2D eigenvalue weighted by Gasteiger charge is 2.09. The summed E-state index contributed by atoms with van der Waals surface area (Å²) >= 11 is 5.47. The van der Waals surface area contributed by atoms with Crippen LogP contribution in [0.1, 0.15) is 5.56 Å². The van der Waals surface area contributed by atoms with Crippen molar-refractivity contribution in [2.24, 2.45) is 0 Å². The minimum atomic E-state index is -0.654. The summed E-state index contributed by atoms with van der Waals surface area (Å²) in [7, 11) is 0. The third-order valence-corrected chi connectivity index (χ3v) is 2.81. The Labute approximate surface area is 114 Å². The van der Waals surface area contributed by atoms with E-state index in [1.54, 1.807) is 12.1 Å². The molecule has 2 aromatic rings. The monoisotopic (exact) mass is 284 g/mol. The van der Waals surface area contributed by atoms with E-state index in [0.29, 0.717) is 5.75 Å². The van der Waals surface area contributed by atoms with Crippen LogP contribution in [0.3, 0.4) is 0 Å². The van der Waals surface area contributed by atoms with Crippen molar-refractivity contribution in [2.45, 2.75) is 6.42 Å². The average Bonchev–Trinajstić information content (AvgIpc) is 2.38. The largest absolute Gasteiger partial charge is 0.489 e. The van der Waals surface area contributed by atoms with Crippen molar-refractivity contribution in [1.29, 1.82) is 0 Å². The first-order valence-corrected chi connectivity index (χ1v) is 5.92. The Kier molecular flexibility index (Phi) is 4.16. The number of ether oxygens (including phenoxy) is 1. The zero-order valence-electron chi connectivity index (χ0n) is 9.87. The van der Waals surface area contributed by atoms with E-state index in [9.17, 15) is 8.78 Å². The average molecular weight is 285 g/mol. The van der Waals surface area contributed by atoms with E-state index < -0.39 is 11.6 Å². The molecule has 3 nitrogen and oxygen atoms in total. The van der Waals surface area contributed by atoms with Gasteiger partial charge in [-0.3, -0.25) is 0 Å². The third kappa shape index (κ3) is 3.32. The van der Waals surface area contributed by atoms with Crippen molar-refractivity contribution < 1.29 is 13.5 Å². The van der Waals surface area contributed by atoms with Crippen LogP contribution in [0, 0.1) is 11.6 Å². The van der Waals surface area contributed by atoms with Gasteiger partial charge in [0, 0.05) is 12.6 Å². The molecule has 0 unspecified atom stereocenters. The fraction of sp³-hybridized carbons (Fsp3) is 0.154. The standard InChI is InChI=1S/C13H11ClF2N2O/c14-9-7-10(15)8(6-11(9)16)3-5-19-12-2-1-4-18-13(12)17/h1-2,4,6-7H,3,5H2,(H2,17,18). The molecule has 0 amide bonds. The predicted octanol–water partition coefficient (Wildman–Crippen LogP) is 3.22. The van der Waals surface area contributed by atoms with E-state index in [1.165, 1.54) is 6.20 Å². The van der Waals surface area contributed by atoms with Gasteiger partial charge in [-0.2, -0.15) is 0 Å². The quantitative estimate of drug-likeness (QED) is 0.877. The number of rotatable bonds is 4. The lowest BCUT2D eigenvalue weighted by Gasteiger charge is -2.08. The summed E-state index contributed by atoms with van der Waals surface area (Å²) in [6, 6.07) is 5.34. The molecule has 100 valence electrons. The van der Waals surface area contributed by atoms with E-state index in [1.807, 2.05) is 0 Å². The van der Waals surface area contributed by atoms with Gasteiger partial charge in [-0.1, -0.05) is 11.6 Å². The first-order valence-electron chi connectivity index (χ1n) is 5.54. The molecule has 0 saturated carbocycles. The van der Waals surface area contributed by atoms with Crippen LogP contribution < -0.4 is 10.5 Å². The first kappa shape index (κ1) is 13.5. The Morgan fingerprint density at radius 3 is 2.79 bits per heavy atom. The topological polar surface area (TPSA) is 48.1 Å². The molecule has 0 bridgehead atoms. The number of hydrogen-bond donors (Lipinski definition) is 1. The summed E-state index contributed by atoms with van der Waals surface area (Å²) in [4.78, 5) is 3.85. The van der Waals surface area contributed by atoms with Crippen LogP contribution >= 0.6 is 11.6 Å². The molecule has 0 fully saturated rings. The zero-order valence-corrected chi connectivity index (χ0v) is 10.6. The molecule has 2 N–H and O–H groups in total. The normalized spacial score (nSPS) is 10.5. The van der Waals surface area contributed by atoms with Crippen molar-refractivity contribution in [3.63, 3.8) is 0 Å². The van der Waals surface area contributed by atoms with E-state index >= 15 is 0 Å². The van der Waals surface area contributed by atoms with Gasteiger partial charge in [-0.15, -0.1) is 0 Å². The second-order valence-electron chi connectivity index (χ2n) is 3.84. The summed E-state index contributed by atoms with van der Waals surface area (Å²) in [6.07, 6.45) is 1.74. The number of nitrogens with two attached hydrogens (primary N) is 1. The predicted molar refractivity (Wildman–Crippen MR) is 69.2 cm³/mol. The molecule has 1 aromatic heterocycles. The first-order chi connectivity index (χ1) is 9.08. The summed E-state index contributed by atoms with van der Waals surface area (Å²) in [6.45, 7) is 0.161. The Hall–Kier alpha value is -1.88. The molecule has 1 aromatic carbocycles. The lowest BCUT2D eigenvalue weighted by Crippen LogP contribution is -2.06. The molecule has 0 atom stereocenters. The zero-order chi connectivity index (χ0) is 13.8. The maximum absolute atomic E-state index is 13.5. The van der Waals surface area contributed by atoms with Gasteiger partial charge in [-0.05, 0) is 29.8 Å².